The van der Waals surface area contributed by atoms with Crippen LogP contribution in [0.15, 0.2) is 30.7 Å². The lowest BCUT2D eigenvalue weighted by molar-refractivity contribution is -0.137. The summed E-state index contributed by atoms with van der Waals surface area (Å²) in [5.74, 6) is 0. The number of hydrogen-bond acceptors (Lipinski definition) is 4. The Bertz CT molecular complexity index is 525. The molecule has 0 saturated heterocycles. The number of alkyl halides is 3. The maximum atomic E-state index is 12.6. The van der Waals surface area contributed by atoms with E-state index in [2.05, 4.69) is 15.3 Å². The topological polar surface area (TPSA) is 37.8 Å². The van der Waals surface area contributed by atoms with Gasteiger partial charge in [0.25, 0.3) is 0 Å². The minimum Gasteiger partial charge on any atom is -0.306 e. The third-order valence-electron chi connectivity index (χ3n) is 2.48. The monoisotopic (exact) mass is 287 g/mol. The molecular formula is C12H12F3N3S. The highest BCUT2D eigenvalue weighted by Gasteiger charge is 2.35. The van der Waals surface area contributed by atoms with E-state index in [0.29, 0.717) is 22.8 Å². The quantitative estimate of drug-likeness (QED) is 0.938. The lowest BCUT2D eigenvalue weighted by Gasteiger charge is -2.15. The molecule has 0 radical (unpaired) electrons. The molecule has 2 rings (SSSR count). The Balaban J connectivity index is 2.32. The van der Waals surface area contributed by atoms with Gasteiger partial charge in [0.05, 0.1) is 6.04 Å². The van der Waals surface area contributed by atoms with E-state index in [1.165, 1.54) is 6.20 Å². The van der Waals surface area contributed by atoms with E-state index < -0.39 is 11.2 Å². The zero-order valence-corrected chi connectivity index (χ0v) is 10.9. The van der Waals surface area contributed by atoms with E-state index in [1.54, 1.807) is 18.5 Å². The van der Waals surface area contributed by atoms with Gasteiger partial charge in [-0.05, 0) is 18.2 Å². The highest BCUT2D eigenvalue weighted by molar-refractivity contribution is 7.11. The van der Waals surface area contributed by atoms with Crippen LogP contribution < -0.4 is 5.32 Å². The third kappa shape index (κ3) is 3.30. The fourth-order valence-corrected chi connectivity index (χ4v) is 2.57. The lowest BCUT2D eigenvalue weighted by atomic mass is 10.1. The van der Waals surface area contributed by atoms with Crippen molar-refractivity contribution in [1.82, 2.24) is 15.3 Å². The van der Waals surface area contributed by atoms with Crippen LogP contribution >= 0.6 is 11.3 Å². The smallest absolute Gasteiger partial charge is 0.306 e. The van der Waals surface area contributed by atoms with Crippen molar-refractivity contribution in [2.45, 2.75) is 19.1 Å². The standard InChI is InChI=1S/C12H12F3N3S/c1-2-17-10(8-4-3-5-16-6-8)9-7-18-11(19-9)12(13,14)15/h3-7,10,17H,2H2,1H3. The molecule has 0 aliphatic carbocycles. The summed E-state index contributed by atoms with van der Waals surface area (Å²) in [7, 11) is 0. The largest absolute Gasteiger partial charge is 0.443 e. The van der Waals surface area contributed by atoms with Crippen LogP contribution in [0.5, 0.6) is 0 Å². The molecule has 19 heavy (non-hydrogen) atoms. The molecule has 7 heteroatoms. The second-order valence-corrected chi connectivity index (χ2v) is 4.90. The second-order valence-electron chi connectivity index (χ2n) is 3.84. The summed E-state index contributed by atoms with van der Waals surface area (Å²) in [6.45, 7) is 2.54. The van der Waals surface area contributed by atoms with Crippen molar-refractivity contribution in [1.29, 1.82) is 0 Å². The molecule has 0 saturated carbocycles. The van der Waals surface area contributed by atoms with Gasteiger partial charge in [-0.3, -0.25) is 4.98 Å². The Morgan fingerprint density at radius 1 is 1.37 bits per heavy atom. The molecule has 0 amide bonds. The number of nitrogens with one attached hydrogen (secondary N) is 1. The lowest BCUT2D eigenvalue weighted by Crippen LogP contribution is -2.21. The minimum atomic E-state index is -4.39. The number of halogens is 3. The normalized spacial score (nSPS) is 13.5. The van der Waals surface area contributed by atoms with Gasteiger partial charge in [-0.2, -0.15) is 13.2 Å². The molecule has 0 bridgehead atoms. The van der Waals surface area contributed by atoms with Crippen molar-refractivity contribution in [3.63, 3.8) is 0 Å². The van der Waals surface area contributed by atoms with E-state index in [-0.39, 0.29) is 6.04 Å². The van der Waals surface area contributed by atoms with Gasteiger partial charge in [0.15, 0.2) is 5.01 Å². The Morgan fingerprint density at radius 3 is 2.68 bits per heavy atom. The van der Waals surface area contributed by atoms with Gasteiger partial charge in [0.2, 0.25) is 0 Å². The highest BCUT2D eigenvalue weighted by atomic mass is 32.1. The first-order chi connectivity index (χ1) is 9.02. The molecule has 0 spiro atoms. The molecule has 102 valence electrons. The van der Waals surface area contributed by atoms with Crippen LogP contribution in [0.3, 0.4) is 0 Å². The highest BCUT2D eigenvalue weighted by Crippen LogP contribution is 2.35. The summed E-state index contributed by atoms with van der Waals surface area (Å²) in [6, 6.07) is 3.27. The van der Waals surface area contributed by atoms with Gasteiger partial charge in [-0.1, -0.05) is 13.0 Å². The summed E-state index contributed by atoms with van der Waals surface area (Å²) in [6.07, 6.45) is 0.142. The first kappa shape index (κ1) is 14.0. The molecule has 0 aromatic carbocycles. The van der Waals surface area contributed by atoms with Gasteiger partial charge in [0.1, 0.15) is 0 Å². The first-order valence-corrected chi connectivity index (χ1v) is 6.50. The average Bonchev–Trinajstić information content (AvgIpc) is 2.86. The van der Waals surface area contributed by atoms with Crippen LogP contribution in [-0.4, -0.2) is 16.5 Å². The molecule has 2 aromatic rings. The molecule has 1 N–H and O–H groups in total. The van der Waals surface area contributed by atoms with Crippen LogP contribution in [-0.2, 0) is 6.18 Å². The van der Waals surface area contributed by atoms with Crippen molar-refractivity contribution >= 4 is 11.3 Å². The van der Waals surface area contributed by atoms with Crippen LogP contribution in [0, 0.1) is 0 Å². The summed E-state index contributed by atoms with van der Waals surface area (Å²) in [5, 5.41) is 2.32. The van der Waals surface area contributed by atoms with Crippen molar-refractivity contribution in [3.05, 3.63) is 46.2 Å². The fourth-order valence-electron chi connectivity index (χ4n) is 1.68. The Kier molecular flexibility index (Phi) is 4.16. The van der Waals surface area contributed by atoms with Gasteiger partial charge >= 0.3 is 6.18 Å². The molecule has 0 aliphatic heterocycles. The van der Waals surface area contributed by atoms with Crippen LogP contribution in [0.4, 0.5) is 13.2 Å². The molecule has 2 heterocycles. The number of aromatic nitrogens is 2. The Labute approximate surface area is 112 Å². The van der Waals surface area contributed by atoms with Crippen molar-refractivity contribution < 1.29 is 13.2 Å². The molecule has 0 aliphatic rings. The van der Waals surface area contributed by atoms with Crippen molar-refractivity contribution in [3.8, 4) is 0 Å². The predicted octanol–water partition coefficient (Wildman–Crippen LogP) is 3.26. The second kappa shape index (κ2) is 5.66. The number of thiazole rings is 1. The number of pyridine rings is 1. The van der Waals surface area contributed by atoms with E-state index >= 15 is 0 Å². The van der Waals surface area contributed by atoms with Gasteiger partial charge in [0, 0.05) is 23.5 Å². The number of hydrogen-bond donors (Lipinski definition) is 1. The first-order valence-electron chi connectivity index (χ1n) is 5.68. The van der Waals surface area contributed by atoms with Gasteiger partial charge in [-0.25, -0.2) is 4.98 Å². The fraction of sp³-hybridized carbons (Fsp3) is 0.333. The average molecular weight is 287 g/mol. The number of nitrogens with zero attached hydrogens (tertiary/aromatic N) is 2. The molecular weight excluding hydrogens is 275 g/mol. The van der Waals surface area contributed by atoms with E-state index in [9.17, 15) is 13.2 Å². The van der Waals surface area contributed by atoms with Crippen molar-refractivity contribution in [2.75, 3.05) is 6.54 Å². The van der Waals surface area contributed by atoms with E-state index in [1.807, 2.05) is 13.0 Å². The van der Waals surface area contributed by atoms with Crippen LogP contribution in [0.25, 0.3) is 0 Å². The SMILES string of the molecule is CCNC(c1cccnc1)c1cnc(C(F)(F)F)s1. The van der Waals surface area contributed by atoms with E-state index in [4.69, 9.17) is 0 Å². The molecule has 3 nitrogen and oxygen atoms in total. The van der Waals surface area contributed by atoms with Crippen molar-refractivity contribution in [2.24, 2.45) is 0 Å². The van der Waals surface area contributed by atoms with Gasteiger partial charge < -0.3 is 5.32 Å². The zero-order valence-electron chi connectivity index (χ0n) is 10.1. The van der Waals surface area contributed by atoms with Crippen LogP contribution in [0.2, 0.25) is 0 Å². The number of rotatable bonds is 4. The molecule has 0 fully saturated rings. The minimum absolute atomic E-state index is 0.313. The Hall–Kier alpha value is -1.47. The maximum Gasteiger partial charge on any atom is 0.443 e. The molecule has 1 unspecified atom stereocenters. The summed E-state index contributed by atoms with van der Waals surface area (Å²) < 4.78 is 37.7. The summed E-state index contributed by atoms with van der Waals surface area (Å²) >= 11 is 0.656. The molecule has 2 aromatic heterocycles. The summed E-state index contributed by atoms with van der Waals surface area (Å²) in [5.41, 5.74) is 0.821. The Morgan fingerprint density at radius 2 is 2.16 bits per heavy atom. The van der Waals surface area contributed by atoms with E-state index in [0.717, 1.165) is 5.56 Å². The zero-order chi connectivity index (χ0) is 13.9. The van der Waals surface area contributed by atoms with Crippen LogP contribution in [0.1, 0.15) is 28.4 Å². The van der Waals surface area contributed by atoms with Gasteiger partial charge in [-0.15, -0.1) is 11.3 Å². The predicted molar refractivity (Wildman–Crippen MR) is 66.9 cm³/mol. The summed E-state index contributed by atoms with van der Waals surface area (Å²) in [4.78, 5) is 7.97. The maximum absolute atomic E-state index is 12.6. The third-order valence-corrected chi connectivity index (χ3v) is 3.58. The molecule has 1 atom stereocenters.